The van der Waals surface area contributed by atoms with Crippen molar-refractivity contribution >= 4 is 5.97 Å². The molecule has 0 N–H and O–H groups in total. The molecule has 4 nitrogen and oxygen atoms in total. The standard InChI is InChI=1S/C12H15NO3/c1-11(5-6-12(14)15-2)16-10-9-13-7-3-4-8-13/h3-8H,1,9-10H2,2H3/b6-5+. The number of rotatable bonds is 6. The first kappa shape index (κ1) is 12.1. The van der Waals surface area contributed by atoms with Gasteiger partial charge in [0.15, 0.2) is 0 Å². The highest BCUT2D eigenvalue weighted by atomic mass is 16.5. The summed E-state index contributed by atoms with van der Waals surface area (Å²) in [5.74, 6) is 0.0210. The zero-order valence-corrected chi connectivity index (χ0v) is 9.26. The molecule has 1 rings (SSSR count). The lowest BCUT2D eigenvalue weighted by Gasteiger charge is -2.06. The summed E-state index contributed by atoms with van der Waals surface area (Å²) in [6.45, 7) is 4.91. The minimum atomic E-state index is -0.421. The number of hydrogen-bond acceptors (Lipinski definition) is 3. The van der Waals surface area contributed by atoms with E-state index in [0.29, 0.717) is 12.4 Å². The first-order valence-corrected chi connectivity index (χ1v) is 4.91. The van der Waals surface area contributed by atoms with Crippen LogP contribution in [-0.2, 0) is 20.8 Å². The first-order chi connectivity index (χ1) is 7.72. The molecule has 0 aliphatic rings. The Morgan fingerprint density at radius 2 is 2.06 bits per heavy atom. The number of carbonyl (C=O) groups is 1. The second-order valence-corrected chi connectivity index (χ2v) is 3.09. The molecule has 4 heteroatoms. The van der Waals surface area contributed by atoms with E-state index < -0.39 is 5.97 Å². The second-order valence-electron chi connectivity index (χ2n) is 3.09. The first-order valence-electron chi connectivity index (χ1n) is 4.91. The molecule has 0 fully saturated rings. The smallest absolute Gasteiger partial charge is 0.330 e. The third-order valence-electron chi connectivity index (χ3n) is 1.91. The van der Waals surface area contributed by atoms with Crippen LogP contribution in [0.15, 0.2) is 49.0 Å². The maximum atomic E-state index is 10.8. The van der Waals surface area contributed by atoms with Gasteiger partial charge in [0.2, 0.25) is 0 Å². The highest BCUT2D eigenvalue weighted by Crippen LogP contribution is 1.98. The predicted octanol–water partition coefficient (Wildman–Crippen LogP) is 1.75. The van der Waals surface area contributed by atoms with Crippen molar-refractivity contribution in [3.8, 4) is 0 Å². The summed E-state index contributed by atoms with van der Waals surface area (Å²) in [7, 11) is 1.32. The summed E-state index contributed by atoms with van der Waals surface area (Å²) < 4.78 is 11.7. The largest absolute Gasteiger partial charge is 0.492 e. The molecule has 0 saturated carbocycles. The number of aromatic nitrogens is 1. The Morgan fingerprint density at radius 3 is 2.69 bits per heavy atom. The summed E-state index contributed by atoms with van der Waals surface area (Å²) in [5, 5.41) is 0. The molecule has 0 aliphatic carbocycles. The van der Waals surface area contributed by atoms with Crippen LogP contribution < -0.4 is 0 Å². The van der Waals surface area contributed by atoms with E-state index in [2.05, 4.69) is 11.3 Å². The number of nitrogens with zero attached hydrogens (tertiary/aromatic N) is 1. The molecule has 0 bridgehead atoms. The molecule has 0 amide bonds. The summed E-state index contributed by atoms with van der Waals surface area (Å²) in [6.07, 6.45) is 6.67. The maximum Gasteiger partial charge on any atom is 0.330 e. The highest BCUT2D eigenvalue weighted by molar-refractivity contribution is 5.82. The van der Waals surface area contributed by atoms with Gasteiger partial charge in [-0.05, 0) is 18.2 Å². The van der Waals surface area contributed by atoms with Crippen LogP contribution in [0.3, 0.4) is 0 Å². The lowest BCUT2D eigenvalue weighted by Crippen LogP contribution is -2.03. The van der Waals surface area contributed by atoms with Gasteiger partial charge in [-0.3, -0.25) is 0 Å². The van der Waals surface area contributed by atoms with E-state index in [1.807, 2.05) is 29.1 Å². The Kier molecular flexibility index (Phi) is 4.92. The second kappa shape index (κ2) is 6.50. The zero-order chi connectivity index (χ0) is 11.8. The van der Waals surface area contributed by atoms with Crippen LogP contribution in [0.2, 0.25) is 0 Å². The summed E-state index contributed by atoms with van der Waals surface area (Å²) in [6, 6.07) is 3.90. The van der Waals surface area contributed by atoms with Crippen molar-refractivity contribution in [1.29, 1.82) is 0 Å². The van der Waals surface area contributed by atoms with Crippen LogP contribution in [0.25, 0.3) is 0 Å². The Labute approximate surface area is 94.8 Å². The summed E-state index contributed by atoms with van der Waals surface area (Å²) in [5.41, 5.74) is 0. The normalized spacial score (nSPS) is 10.3. The van der Waals surface area contributed by atoms with Crippen molar-refractivity contribution in [1.82, 2.24) is 4.57 Å². The van der Waals surface area contributed by atoms with E-state index in [4.69, 9.17) is 4.74 Å². The minimum Gasteiger partial charge on any atom is -0.492 e. The monoisotopic (exact) mass is 221 g/mol. The molecule has 16 heavy (non-hydrogen) atoms. The van der Waals surface area contributed by atoms with Crippen LogP contribution >= 0.6 is 0 Å². The highest BCUT2D eigenvalue weighted by Gasteiger charge is 1.94. The van der Waals surface area contributed by atoms with E-state index >= 15 is 0 Å². The molecule has 0 unspecified atom stereocenters. The fraction of sp³-hybridized carbons (Fsp3) is 0.250. The lowest BCUT2D eigenvalue weighted by molar-refractivity contribution is -0.134. The van der Waals surface area contributed by atoms with E-state index in [9.17, 15) is 4.79 Å². The number of methoxy groups -OCH3 is 1. The number of esters is 1. The van der Waals surface area contributed by atoms with Gasteiger partial charge in [-0.2, -0.15) is 0 Å². The van der Waals surface area contributed by atoms with Crippen molar-refractivity contribution in [3.63, 3.8) is 0 Å². The zero-order valence-electron chi connectivity index (χ0n) is 9.26. The average molecular weight is 221 g/mol. The van der Waals surface area contributed by atoms with Crippen LogP contribution in [-0.4, -0.2) is 24.3 Å². The van der Waals surface area contributed by atoms with Crippen molar-refractivity contribution in [3.05, 3.63) is 49.0 Å². The summed E-state index contributed by atoms with van der Waals surface area (Å²) in [4.78, 5) is 10.8. The third kappa shape index (κ3) is 4.50. The SMILES string of the molecule is C=C(/C=C/C(=O)OC)OCCn1cccc1. The van der Waals surface area contributed by atoms with Crippen LogP contribution in [0, 0.1) is 0 Å². The topological polar surface area (TPSA) is 40.5 Å². The van der Waals surface area contributed by atoms with Crippen molar-refractivity contribution in [2.45, 2.75) is 6.54 Å². The van der Waals surface area contributed by atoms with E-state index in [0.717, 1.165) is 6.54 Å². The van der Waals surface area contributed by atoms with Gasteiger partial charge in [0.25, 0.3) is 0 Å². The van der Waals surface area contributed by atoms with Gasteiger partial charge >= 0.3 is 5.97 Å². The van der Waals surface area contributed by atoms with Crippen LogP contribution in [0.1, 0.15) is 0 Å². The Balaban J connectivity index is 2.20. The fourth-order valence-electron chi connectivity index (χ4n) is 1.08. The lowest BCUT2D eigenvalue weighted by atomic mass is 10.4. The molecule has 0 aromatic carbocycles. The van der Waals surface area contributed by atoms with Gasteiger partial charge in [0.05, 0.1) is 13.7 Å². The molecular formula is C12H15NO3. The number of carbonyl (C=O) groups excluding carboxylic acids is 1. The molecule has 0 spiro atoms. The van der Waals surface area contributed by atoms with Gasteiger partial charge in [-0.25, -0.2) is 4.79 Å². The van der Waals surface area contributed by atoms with Crippen molar-refractivity contribution in [2.24, 2.45) is 0 Å². The maximum absolute atomic E-state index is 10.8. The molecule has 1 heterocycles. The minimum absolute atomic E-state index is 0.421. The van der Waals surface area contributed by atoms with Gasteiger partial charge < -0.3 is 14.0 Å². The van der Waals surface area contributed by atoms with E-state index in [1.165, 1.54) is 19.3 Å². The summed E-state index contributed by atoms with van der Waals surface area (Å²) >= 11 is 0. The molecule has 0 saturated heterocycles. The Morgan fingerprint density at radius 1 is 1.38 bits per heavy atom. The molecule has 0 radical (unpaired) electrons. The number of hydrogen-bond donors (Lipinski definition) is 0. The van der Waals surface area contributed by atoms with Gasteiger partial charge in [0.1, 0.15) is 12.4 Å². The predicted molar refractivity (Wildman–Crippen MR) is 60.7 cm³/mol. The number of allylic oxidation sites excluding steroid dienone is 1. The van der Waals surface area contributed by atoms with E-state index in [-0.39, 0.29) is 0 Å². The van der Waals surface area contributed by atoms with Crippen molar-refractivity contribution < 1.29 is 14.3 Å². The molecule has 1 aromatic rings. The quantitative estimate of drug-likeness (QED) is 0.318. The average Bonchev–Trinajstić information content (AvgIpc) is 2.79. The Bertz CT molecular complexity index is 366. The molecule has 1 aromatic heterocycles. The third-order valence-corrected chi connectivity index (χ3v) is 1.91. The molecule has 0 aliphatic heterocycles. The fourth-order valence-corrected chi connectivity index (χ4v) is 1.08. The molecule has 0 atom stereocenters. The van der Waals surface area contributed by atoms with Crippen molar-refractivity contribution in [2.75, 3.05) is 13.7 Å². The number of ether oxygens (including phenoxy) is 2. The Hall–Kier alpha value is -1.97. The van der Waals surface area contributed by atoms with Crippen LogP contribution in [0.4, 0.5) is 0 Å². The molecular weight excluding hydrogens is 206 g/mol. The van der Waals surface area contributed by atoms with E-state index in [1.54, 1.807) is 0 Å². The van der Waals surface area contributed by atoms with Gasteiger partial charge in [-0.15, -0.1) is 0 Å². The van der Waals surface area contributed by atoms with Gasteiger partial charge in [-0.1, -0.05) is 6.58 Å². The molecule has 86 valence electrons. The van der Waals surface area contributed by atoms with Crippen LogP contribution in [0.5, 0.6) is 0 Å². The van der Waals surface area contributed by atoms with Gasteiger partial charge in [0, 0.05) is 18.5 Å².